The summed E-state index contributed by atoms with van der Waals surface area (Å²) in [5, 5.41) is 2.89. The van der Waals surface area contributed by atoms with Crippen LogP contribution in [-0.2, 0) is 4.79 Å². The molecule has 2 rings (SSSR count). The van der Waals surface area contributed by atoms with Crippen LogP contribution >= 0.6 is 0 Å². The highest BCUT2D eigenvalue weighted by Gasteiger charge is 2.37. The maximum Gasteiger partial charge on any atom is 0.245 e. The first-order valence-corrected chi connectivity index (χ1v) is 6.74. The SMILES string of the molecule is CC[C@@H](N)c1ccc(N2CCNC(=O)C2(C)C)cn1. The van der Waals surface area contributed by atoms with Crippen molar-refractivity contribution in [1.82, 2.24) is 10.3 Å². The van der Waals surface area contributed by atoms with Gasteiger partial charge in [0.15, 0.2) is 0 Å². The smallest absolute Gasteiger partial charge is 0.245 e. The van der Waals surface area contributed by atoms with Crippen molar-refractivity contribution in [2.24, 2.45) is 5.73 Å². The van der Waals surface area contributed by atoms with Gasteiger partial charge in [0.2, 0.25) is 5.91 Å². The molecule has 1 aromatic rings. The van der Waals surface area contributed by atoms with E-state index in [1.165, 1.54) is 0 Å². The zero-order valence-electron chi connectivity index (χ0n) is 11.8. The molecule has 1 aliphatic rings. The van der Waals surface area contributed by atoms with Gasteiger partial charge in [-0.3, -0.25) is 9.78 Å². The highest BCUT2D eigenvalue weighted by Crippen LogP contribution is 2.26. The van der Waals surface area contributed by atoms with Crippen LogP contribution in [0.5, 0.6) is 0 Å². The van der Waals surface area contributed by atoms with Crippen LogP contribution in [0, 0.1) is 0 Å². The molecular weight excluding hydrogens is 240 g/mol. The molecule has 0 unspecified atom stereocenters. The normalized spacial score (nSPS) is 20.0. The molecule has 0 bridgehead atoms. The number of aromatic nitrogens is 1. The van der Waals surface area contributed by atoms with E-state index in [4.69, 9.17) is 5.73 Å². The third-order valence-corrected chi connectivity index (χ3v) is 3.75. The minimum Gasteiger partial charge on any atom is -0.354 e. The van der Waals surface area contributed by atoms with Crippen LogP contribution in [0.15, 0.2) is 18.3 Å². The average molecular weight is 262 g/mol. The van der Waals surface area contributed by atoms with Crippen LogP contribution in [0.2, 0.25) is 0 Å². The topological polar surface area (TPSA) is 71.2 Å². The molecule has 104 valence electrons. The molecule has 5 nitrogen and oxygen atoms in total. The number of hydrogen-bond acceptors (Lipinski definition) is 4. The van der Waals surface area contributed by atoms with Gasteiger partial charge in [0.25, 0.3) is 0 Å². The molecular formula is C14H22N4O. The van der Waals surface area contributed by atoms with Crippen LogP contribution in [0.25, 0.3) is 0 Å². The maximum atomic E-state index is 11.9. The monoisotopic (exact) mass is 262 g/mol. The second-order valence-electron chi connectivity index (χ2n) is 5.42. The number of carbonyl (C=O) groups excluding carboxylic acids is 1. The molecule has 1 atom stereocenters. The van der Waals surface area contributed by atoms with E-state index < -0.39 is 5.54 Å². The fraction of sp³-hybridized carbons (Fsp3) is 0.571. The first kappa shape index (κ1) is 13.8. The Hall–Kier alpha value is -1.62. The Balaban J connectivity index is 2.24. The van der Waals surface area contributed by atoms with Gasteiger partial charge in [-0.2, -0.15) is 0 Å². The van der Waals surface area contributed by atoms with E-state index in [0.717, 1.165) is 24.3 Å². The van der Waals surface area contributed by atoms with E-state index in [0.29, 0.717) is 6.54 Å². The molecule has 1 fully saturated rings. The lowest BCUT2D eigenvalue weighted by atomic mass is 9.98. The number of pyridine rings is 1. The molecule has 0 aromatic carbocycles. The summed E-state index contributed by atoms with van der Waals surface area (Å²) >= 11 is 0. The summed E-state index contributed by atoms with van der Waals surface area (Å²) < 4.78 is 0. The summed E-state index contributed by atoms with van der Waals surface area (Å²) in [4.78, 5) is 18.4. The van der Waals surface area contributed by atoms with Crippen molar-refractivity contribution in [2.45, 2.75) is 38.8 Å². The van der Waals surface area contributed by atoms with Gasteiger partial charge in [-0.1, -0.05) is 6.92 Å². The van der Waals surface area contributed by atoms with Gasteiger partial charge in [-0.25, -0.2) is 0 Å². The molecule has 0 radical (unpaired) electrons. The van der Waals surface area contributed by atoms with Gasteiger partial charge in [0.1, 0.15) is 5.54 Å². The Morgan fingerprint density at radius 1 is 1.53 bits per heavy atom. The van der Waals surface area contributed by atoms with Crippen LogP contribution < -0.4 is 16.0 Å². The van der Waals surface area contributed by atoms with Crippen molar-refractivity contribution < 1.29 is 4.79 Å². The standard InChI is InChI=1S/C14H22N4O/c1-4-11(15)12-6-5-10(9-17-12)18-8-7-16-13(19)14(18,2)3/h5-6,9,11H,4,7-8,15H2,1-3H3,(H,16,19)/t11-/m1/s1. The quantitative estimate of drug-likeness (QED) is 0.859. The summed E-state index contributed by atoms with van der Waals surface area (Å²) in [6.07, 6.45) is 2.68. The van der Waals surface area contributed by atoms with Crippen LogP contribution in [0.1, 0.15) is 38.9 Å². The maximum absolute atomic E-state index is 11.9. The first-order chi connectivity index (χ1) is 8.96. The minimum atomic E-state index is -0.547. The Morgan fingerprint density at radius 3 is 2.84 bits per heavy atom. The van der Waals surface area contributed by atoms with Crippen molar-refractivity contribution in [2.75, 3.05) is 18.0 Å². The average Bonchev–Trinajstić information content (AvgIpc) is 2.41. The molecule has 5 heteroatoms. The Bertz CT molecular complexity index is 455. The Morgan fingerprint density at radius 2 is 2.26 bits per heavy atom. The van der Waals surface area contributed by atoms with E-state index in [-0.39, 0.29) is 11.9 Å². The fourth-order valence-electron chi connectivity index (χ4n) is 2.34. The van der Waals surface area contributed by atoms with E-state index in [1.54, 1.807) is 0 Å². The van der Waals surface area contributed by atoms with Crippen molar-refractivity contribution in [3.05, 3.63) is 24.0 Å². The highest BCUT2D eigenvalue weighted by atomic mass is 16.2. The van der Waals surface area contributed by atoms with E-state index in [1.807, 2.05) is 39.1 Å². The molecule has 3 N–H and O–H groups in total. The van der Waals surface area contributed by atoms with Crippen LogP contribution in [0.3, 0.4) is 0 Å². The van der Waals surface area contributed by atoms with Gasteiger partial charge < -0.3 is 16.0 Å². The number of anilines is 1. The third-order valence-electron chi connectivity index (χ3n) is 3.75. The lowest BCUT2D eigenvalue weighted by Crippen LogP contribution is -2.62. The fourth-order valence-corrected chi connectivity index (χ4v) is 2.34. The number of amides is 1. The summed E-state index contributed by atoms with van der Waals surface area (Å²) in [6, 6.07) is 3.93. The predicted molar refractivity (Wildman–Crippen MR) is 75.9 cm³/mol. The van der Waals surface area contributed by atoms with Crippen molar-refractivity contribution >= 4 is 11.6 Å². The van der Waals surface area contributed by atoms with Gasteiger partial charge in [0.05, 0.1) is 17.6 Å². The largest absolute Gasteiger partial charge is 0.354 e. The minimum absolute atomic E-state index is 0.0216. The van der Waals surface area contributed by atoms with Gasteiger partial charge in [-0.05, 0) is 32.4 Å². The molecule has 0 aliphatic carbocycles. The zero-order valence-corrected chi connectivity index (χ0v) is 11.8. The molecule has 0 saturated carbocycles. The molecule has 1 amide bonds. The molecule has 2 heterocycles. The summed E-state index contributed by atoms with van der Waals surface area (Å²) in [5.41, 5.74) is 7.27. The van der Waals surface area contributed by atoms with Crippen LogP contribution in [0.4, 0.5) is 5.69 Å². The van der Waals surface area contributed by atoms with Crippen molar-refractivity contribution in [3.63, 3.8) is 0 Å². The third kappa shape index (κ3) is 2.56. The van der Waals surface area contributed by atoms with Gasteiger partial charge in [0, 0.05) is 19.1 Å². The highest BCUT2D eigenvalue weighted by molar-refractivity contribution is 5.90. The van der Waals surface area contributed by atoms with E-state index >= 15 is 0 Å². The van der Waals surface area contributed by atoms with Crippen LogP contribution in [-0.4, -0.2) is 29.5 Å². The molecule has 1 aromatic heterocycles. The molecule has 0 spiro atoms. The number of carbonyl (C=O) groups is 1. The molecule has 1 saturated heterocycles. The number of nitrogens with one attached hydrogen (secondary N) is 1. The summed E-state index contributed by atoms with van der Waals surface area (Å²) in [5.74, 6) is 0.0492. The van der Waals surface area contributed by atoms with E-state index in [2.05, 4.69) is 15.2 Å². The molecule has 19 heavy (non-hydrogen) atoms. The number of hydrogen-bond donors (Lipinski definition) is 2. The second-order valence-corrected chi connectivity index (χ2v) is 5.42. The zero-order chi connectivity index (χ0) is 14.0. The summed E-state index contributed by atoms with van der Waals surface area (Å²) in [7, 11) is 0. The van der Waals surface area contributed by atoms with Gasteiger partial charge in [-0.15, -0.1) is 0 Å². The van der Waals surface area contributed by atoms with Gasteiger partial charge >= 0.3 is 0 Å². The first-order valence-electron chi connectivity index (χ1n) is 6.74. The lowest BCUT2D eigenvalue weighted by Gasteiger charge is -2.42. The Labute approximate surface area is 114 Å². The number of piperazine rings is 1. The van der Waals surface area contributed by atoms with Crippen molar-refractivity contribution in [1.29, 1.82) is 0 Å². The second kappa shape index (κ2) is 5.17. The Kier molecular flexibility index (Phi) is 3.75. The summed E-state index contributed by atoms with van der Waals surface area (Å²) in [6.45, 7) is 7.34. The lowest BCUT2D eigenvalue weighted by molar-refractivity contribution is -0.126. The number of nitrogens with zero attached hydrogens (tertiary/aromatic N) is 2. The molecule has 1 aliphatic heterocycles. The van der Waals surface area contributed by atoms with Crippen molar-refractivity contribution in [3.8, 4) is 0 Å². The number of nitrogens with two attached hydrogens (primary N) is 1. The predicted octanol–water partition coefficient (Wildman–Crippen LogP) is 1.21. The number of rotatable bonds is 3. The van der Waals surface area contributed by atoms with E-state index in [9.17, 15) is 4.79 Å².